The average Bonchev–Trinajstić information content (AvgIpc) is 3.03. The third-order valence-corrected chi connectivity index (χ3v) is 11.1. The van der Waals surface area contributed by atoms with Crippen LogP contribution in [0.3, 0.4) is 0 Å². The Kier molecular flexibility index (Phi) is 6.32. The van der Waals surface area contributed by atoms with Crippen LogP contribution in [0.1, 0.15) is 112 Å². The molecule has 30 heavy (non-hydrogen) atoms. The van der Waals surface area contributed by atoms with Crippen molar-refractivity contribution in [3.8, 4) is 0 Å². The maximum atomic E-state index is 11.8. The minimum atomic E-state index is -0.268. The van der Waals surface area contributed by atoms with Gasteiger partial charge in [-0.3, -0.25) is 10.1 Å². The van der Waals surface area contributed by atoms with Crippen LogP contribution in [0.25, 0.3) is 0 Å². The van der Waals surface area contributed by atoms with Crippen molar-refractivity contribution >= 4 is 0 Å². The van der Waals surface area contributed by atoms with Crippen LogP contribution in [0.15, 0.2) is 0 Å². The second kappa shape index (κ2) is 8.39. The van der Waals surface area contributed by atoms with Crippen LogP contribution in [0, 0.1) is 62.4 Å². The summed E-state index contributed by atoms with van der Waals surface area (Å²) in [5.74, 6) is 5.38. The molecule has 0 radical (unpaired) electrons. The summed E-state index contributed by atoms with van der Waals surface area (Å²) in [4.78, 5) is 11.9. The van der Waals surface area contributed by atoms with Crippen molar-refractivity contribution < 1.29 is 4.92 Å². The predicted octanol–water partition coefficient (Wildman–Crippen LogP) is 7.75. The number of fused-ring (bicyclic) bond motifs is 5. The maximum absolute atomic E-state index is 11.8. The summed E-state index contributed by atoms with van der Waals surface area (Å²) in [5.41, 5.74) is 0.750. The second-order valence-corrected chi connectivity index (χ2v) is 12.8. The summed E-state index contributed by atoms with van der Waals surface area (Å²) in [5, 5.41) is 11.8. The molecule has 4 fully saturated rings. The first-order valence-corrected chi connectivity index (χ1v) is 13.3. The van der Waals surface area contributed by atoms with E-state index in [1.165, 1.54) is 57.8 Å². The minimum Gasteiger partial charge on any atom is -0.264 e. The normalized spacial score (nSPS) is 46.7. The van der Waals surface area contributed by atoms with Crippen LogP contribution in [0.5, 0.6) is 0 Å². The molecule has 0 bridgehead atoms. The molecular weight excluding hydrogens is 370 g/mol. The molecule has 0 aromatic rings. The van der Waals surface area contributed by atoms with Gasteiger partial charge in [0.25, 0.3) is 0 Å². The van der Waals surface area contributed by atoms with E-state index in [0.717, 1.165) is 54.8 Å². The summed E-state index contributed by atoms with van der Waals surface area (Å²) < 4.78 is 0. The zero-order valence-electron chi connectivity index (χ0n) is 20.4. The molecule has 0 aromatic carbocycles. The Morgan fingerprint density at radius 1 is 0.867 bits per heavy atom. The zero-order valence-corrected chi connectivity index (χ0v) is 20.4. The maximum Gasteiger partial charge on any atom is 0.216 e. The standard InChI is InChI=1S/C27H47NO2/c1-18(2)8-6-9-19(3)21-13-14-22-20-11-12-24-25(28(29)30)10-7-16-26(24,4)23(20)15-17-27(21,22)5/h18-25H,6-17H2,1-5H3/t19-,20+,21+,22-,23-,24+,25-,26-,27-/m1/s1. The fourth-order valence-corrected chi connectivity index (χ4v) is 9.66. The molecular formula is C27H47NO2. The van der Waals surface area contributed by atoms with Crippen LogP contribution < -0.4 is 0 Å². The van der Waals surface area contributed by atoms with Gasteiger partial charge in [-0.2, -0.15) is 0 Å². The topological polar surface area (TPSA) is 43.1 Å². The Morgan fingerprint density at radius 2 is 1.57 bits per heavy atom. The summed E-state index contributed by atoms with van der Waals surface area (Å²) in [7, 11) is 0. The van der Waals surface area contributed by atoms with Gasteiger partial charge in [-0.25, -0.2) is 0 Å². The van der Waals surface area contributed by atoms with E-state index in [1.54, 1.807) is 0 Å². The van der Waals surface area contributed by atoms with Crippen LogP contribution in [0.2, 0.25) is 0 Å². The van der Waals surface area contributed by atoms with Gasteiger partial charge in [0.2, 0.25) is 6.04 Å². The molecule has 0 heterocycles. The number of hydrogen-bond acceptors (Lipinski definition) is 2. The van der Waals surface area contributed by atoms with Crippen molar-refractivity contribution in [2.45, 2.75) is 118 Å². The molecule has 0 unspecified atom stereocenters. The minimum absolute atomic E-state index is 0.0831. The molecule has 4 aliphatic rings. The molecule has 4 rings (SSSR count). The highest BCUT2D eigenvalue weighted by atomic mass is 16.6. The Labute approximate surface area is 185 Å². The van der Waals surface area contributed by atoms with Crippen LogP contribution >= 0.6 is 0 Å². The summed E-state index contributed by atoms with van der Waals surface area (Å²) in [6.45, 7) is 12.4. The van der Waals surface area contributed by atoms with Gasteiger partial charge >= 0.3 is 0 Å². The lowest BCUT2D eigenvalue weighted by Crippen LogP contribution is -2.56. The molecule has 0 N–H and O–H groups in total. The molecule has 0 amide bonds. The van der Waals surface area contributed by atoms with Crippen molar-refractivity contribution in [1.82, 2.24) is 0 Å². The first-order valence-electron chi connectivity index (χ1n) is 13.3. The second-order valence-electron chi connectivity index (χ2n) is 12.8. The van der Waals surface area contributed by atoms with E-state index in [9.17, 15) is 10.1 Å². The van der Waals surface area contributed by atoms with Gasteiger partial charge in [0.15, 0.2) is 0 Å². The SMILES string of the molecule is CC(C)CCC[C@@H](C)[C@@H]1CC[C@@H]2[C@@H]3CC[C@H]4[C@H]([N+](=O)[O-])CCC[C@]4(C)[C@@H]3CC[C@@]21C. The van der Waals surface area contributed by atoms with Crippen molar-refractivity contribution in [2.24, 2.45) is 52.3 Å². The predicted molar refractivity (Wildman–Crippen MR) is 124 cm³/mol. The van der Waals surface area contributed by atoms with E-state index < -0.39 is 0 Å². The Balaban J connectivity index is 1.49. The Bertz CT molecular complexity index is 632. The Morgan fingerprint density at radius 3 is 2.27 bits per heavy atom. The number of hydrogen-bond donors (Lipinski definition) is 0. The van der Waals surface area contributed by atoms with E-state index in [4.69, 9.17) is 0 Å². The monoisotopic (exact) mass is 417 g/mol. The molecule has 0 saturated heterocycles. The van der Waals surface area contributed by atoms with Crippen molar-refractivity contribution in [3.05, 3.63) is 10.1 Å². The van der Waals surface area contributed by atoms with E-state index in [0.29, 0.717) is 11.3 Å². The first-order chi connectivity index (χ1) is 14.2. The summed E-state index contributed by atoms with van der Waals surface area (Å²) in [6.07, 6.45) is 15.3. The van der Waals surface area contributed by atoms with Gasteiger partial charge in [-0.1, -0.05) is 53.9 Å². The van der Waals surface area contributed by atoms with Gasteiger partial charge in [-0.15, -0.1) is 0 Å². The van der Waals surface area contributed by atoms with E-state index in [-0.39, 0.29) is 16.4 Å². The molecule has 0 aromatic heterocycles. The molecule has 9 atom stereocenters. The lowest BCUT2D eigenvalue weighted by molar-refractivity contribution is -0.543. The lowest BCUT2D eigenvalue weighted by atomic mass is 9.44. The van der Waals surface area contributed by atoms with E-state index in [1.807, 2.05) is 0 Å². The molecule has 0 aliphatic heterocycles. The van der Waals surface area contributed by atoms with Crippen LogP contribution in [-0.4, -0.2) is 11.0 Å². The van der Waals surface area contributed by atoms with Gasteiger partial charge in [0.05, 0.1) is 0 Å². The number of rotatable bonds is 6. The third-order valence-electron chi connectivity index (χ3n) is 11.1. The number of nitro groups is 1. The van der Waals surface area contributed by atoms with Gasteiger partial charge in [-0.05, 0) is 97.7 Å². The fourth-order valence-electron chi connectivity index (χ4n) is 9.66. The van der Waals surface area contributed by atoms with Gasteiger partial charge < -0.3 is 0 Å². The molecule has 0 spiro atoms. The van der Waals surface area contributed by atoms with Crippen LogP contribution in [-0.2, 0) is 0 Å². The molecule has 3 heteroatoms. The molecule has 4 aliphatic carbocycles. The molecule has 4 saturated carbocycles. The van der Waals surface area contributed by atoms with Crippen LogP contribution in [0.4, 0.5) is 0 Å². The largest absolute Gasteiger partial charge is 0.264 e. The quantitative estimate of drug-likeness (QED) is 0.327. The Hall–Kier alpha value is -0.600. The van der Waals surface area contributed by atoms with Crippen molar-refractivity contribution in [2.75, 3.05) is 0 Å². The average molecular weight is 418 g/mol. The highest BCUT2D eigenvalue weighted by Crippen LogP contribution is 2.68. The van der Waals surface area contributed by atoms with E-state index in [2.05, 4.69) is 34.6 Å². The first kappa shape index (κ1) is 22.6. The summed E-state index contributed by atoms with van der Waals surface area (Å²) >= 11 is 0. The fraction of sp³-hybridized carbons (Fsp3) is 1.00. The van der Waals surface area contributed by atoms with Gasteiger partial charge in [0, 0.05) is 17.3 Å². The molecule has 3 nitrogen and oxygen atoms in total. The number of nitrogens with zero attached hydrogens (tertiary/aromatic N) is 1. The van der Waals surface area contributed by atoms with Gasteiger partial charge in [0.1, 0.15) is 0 Å². The lowest BCUT2D eigenvalue weighted by Gasteiger charge is -2.60. The van der Waals surface area contributed by atoms with E-state index >= 15 is 0 Å². The zero-order chi connectivity index (χ0) is 21.7. The smallest absolute Gasteiger partial charge is 0.216 e. The molecule has 172 valence electrons. The van der Waals surface area contributed by atoms with Crippen molar-refractivity contribution in [1.29, 1.82) is 0 Å². The van der Waals surface area contributed by atoms with Crippen molar-refractivity contribution in [3.63, 3.8) is 0 Å². The summed E-state index contributed by atoms with van der Waals surface area (Å²) in [6, 6.07) is -0.268. The third kappa shape index (κ3) is 3.64. The highest BCUT2D eigenvalue weighted by Gasteiger charge is 2.62. The highest BCUT2D eigenvalue weighted by molar-refractivity contribution is 5.10.